The zero-order valence-corrected chi connectivity index (χ0v) is 12.8. The molecule has 3 aromatic rings. The van der Waals surface area contributed by atoms with E-state index in [1.54, 1.807) is 13.2 Å². The van der Waals surface area contributed by atoms with Crippen molar-refractivity contribution < 1.29 is 22.4 Å². The molecule has 0 fully saturated rings. The van der Waals surface area contributed by atoms with E-state index < -0.39 is 10.1 Å². The molecule has 0 aromatic heterocycles. The van der Waals surface area contributed by atoms with Crippen molar-refractivity contribution in [2.24, 2.45) is 0 Å². The molecule has 6 heteroatoms. The first-order chi connectivity index (χ1) is 10.5. The van der Waals surface area contributed by atoms with Crippen molar-refractivity contribution in [3.05, 3.63) is 42.5 Å². The number of benzene rings is 3. The second kappa shape index (κ2) is 5.15. The van der Waals surface area contributed by atoms with Crippen molar-refractivity contribution in [2.45, 2.75) is 4.90 Å². The zero-order valence-electron chi connectivity index (χ0n) is 12.0. The molecule has 3 aromatic carbocycles. The summed E-state index contributed by atoms with van der Waals surface area (Å²) >= 11 is 0. The fourth-order valence-electron chi connectivity index (χ4n) is 2.67. The monoisotopic (exact) mass is 317 g/mol. The Morgan fingerprint density at radius 2 is 1.32 bits per heavy atom. The van der Waals surface area contributed by atoms with Gasteiger partial charge in [0.1, 0.15) is 21.6 Å². The van der Waals surface area contributed by atoms with Crippen molar-refractivity contribution >= 4 is 31.7 Å². The molecule has 0 aliphatic rings. The molecular weight excluding hydrogens is 304 g/mol. The van der Waals surface area contributed by atoms with Crippen LogP contribution >= 0.6 is 0 Å². The van der Waals surface area contributed by atoms with Gasteiger partial charge in [0, 0.05) is 21.5 Å². The number of methoxy groups -OCH3 is 2. The van der Waals surface area contributed by atoms with Gasteiger partial charge >= 0.3 is 0 Å². The van der Waals surface area contributed by atoms with E-state index in [-0.39, 0.29) is 4.90 Å². The van der Waals surface area contributed by atoms with Crippen LogP contribution < -0.4 is 9.47 Å². The first-order valence-corrected chi connectivity index (χ1v) is 7.90. The van der Waals surface area contributed by atoms with Crippen molar-refractivity contribution in [3.8, 4) is 11.5 Å². The number of ether oxygens (including phenoxy) is 2. The highest BCUT2D eigenvalue weighted by atomic mass is 32.2. The molecule has 0 saturated heterocycles. The fraction of sp³-hybridized carbons (Fsp3) is 0.125. The Labute approximate surface area is 127 Å². The van der Waals surface area contributed by atoms with Crippen LogP contribution in [0, 0.1) is 0 Å². The third-order valence-electron chi connectivity index (χ3n) is 3.59. The van der Waals surface area contributed by atoms with Crippen LogP contribution in [0.15, 0.2) is 47.4 Å². The summed E-state index contributed by atoms with van der Waals surface area (Å²) in [6.07, 6.45) is 0. The van der Waals surface area contributed by atoms with E-state index in [1.165, 1.54) is 19.2 Å². The minimum absolute atomic E-state index is 0.296. The molecule has 0 unspecified atom stereocenters. The van der Waals surface area contributed by atoms with Gasteiger partial charge in [-0.3, -0.25) is 0 Å². The van der Waals surface area contributed by atoms with Crippen LogP contribution in [0.1, 0.15) is 0 Å². The van der Waals surface area contributed by atoms with Crippen molar-refractivity contribution in [3.63, 3.8) is 0 Å². The molecule has 5 nitrogen and oxygen atoms in total. The molecule has 0 amide bonds. The van der Waals surface area contributed by atoms with Crippen LogP contribution in [-0.2, 0) is 10.1 Å². The summed E-state index contributed by atoms with van der Waals surface area (Å²) in [5.41, 5.74) is 0. The lowest BCUT2D eigenvalue weighted by atomic mass is 10.0. The van der Waals surface area contributed by atoms with Crippen LogP contribution in [-0.4, -0.2) is 27.2 Å². The van der Waals surface area contributed by atoms with E-state index in [9.17, 15) is 13.0 Å². The highest BCUT2D eigenvalue weighted by Crippen LogP contribution is 2.42. The molecule has 0 bridgehead atoms. The first-order valence-electron chi connectivity index (χ1n) is 6.49. The molecule has 0 aliphatic carbocycles. The quantitative estimate of drug-likeness (QED) is 0.548. The maximum atomic E-state index is 11.3. The van der Waals surface area contributed by atoms with Crippen LogP contribution in [0.5, 0.6) is 11.5 Å². The second-order valence-corrected chi connectivity index (χ2v) is 6.15. The molecule has 0 saturated carbocycles. The van der Waals surface area contributed by atoms with Gasteiger partial charge in [-0.05, 0) is 18.2 Å². The lowest BCUT2D eigenvalue weighted by Crippen LogP contribution is -1.99. The van der Waals surface area contributed by atoms with Crippen molar-refractivity contribution in [1.29, 1.82) is 0 Å². The Balaban J connectivity index is 2.56. The largest absolute Gasteiger partial charge is 0.744 e. The average molecular weight is 317 g/mol. The first kappa shape index (κ1) is 14.6. The summed E-state index contributed by atoms with van der Waals surface area (Å²) in [5, 5.41) is 2.85. The second-order valence-electron chi connectivity index (χ2n) is 4.77. The summed E-state index contributed by atoms with van der Waals surface area (Å²) < 4.78 is 44.7. The topological polar surface area (TPSA) is 75.7 Å². The minimum Gasteiger partial charge on any atom is -0.744 e. The molecule has 0 atom stereocenters. The predicted molar refractivity (Wildman–Crippen MR) is 82.5 cm³/mol. The smallest absolute Gasteiger partial charge is 0.134 e. The highest BCUT2D eigenvalue weighted by Gasteiger charge is 2.16. The van der Waals surface area contributed by atoms with E-state index in [0.29, 0.717) is 22.3 Å². The maximum absolute atomic E-state index is 11.3. The van der Waals surface area contributed by atoms with Gasteiger partial charge in [-0.25, -0.2) is 8.42 Å². The fourth-order valence-corrected chi connectivity index (χ4v) is 3.17. The molecule has 22 heavy (non-hydrogen) atoms. The summed E-state index contributed by atoms with van der Waals surface area (Å²) in [6.45, 7) is 0. The normalized spacial score (nSPS) is 11.8. The Bertz CT molecular complexity index is 977. The van der Waals surface area contributed by atoms with E-state index in [0.717, 1.165) is 10.8 Å². The van der Waals surface area contributed by atoms with Crippen molar-refractivity contribution in [1.82, 2.24) is 0 Å². The Kier molecular flexibility index (Phi) is 3.42. The number of fused-ring (bicyclic) bond motifs is 2. The minimum atomic E-state index is -4.54. The highest BCUT2D eigenvalue weighted by molar-refractivity contribution is 7.85. The number of rotatable bonds is 3. The van der Waals surface area contributed by atoms with E-state index in [4.69, 9.17) is 9.47 Å². The summed E-state index contributed by atoms with van der Waals surface area (Å²) in [6, 6.07) is 11.7. The standard InChI is InChI=1S/C16H14O5S/c1-20-15-11-5-3-4-6-12(11)16(21-2)14-9-10(22(17,18)19)7-8-13(14)15/h3-9H,1-2H3,(H,17,18,19)/p-1. The van der Waals surface area contributed by atoms with Gasteiger partial charge in [0.05, 0.1) is 19.1 Å². The van der Waals surface area contributed by atoms with Gasteiger partial charge in [-0.2, -0.15) is 0 Å². The van der Waals surface area contributed by atoms with Gasteiger partial charge in [-0.1, -0.05) is 24.3 Å². The van der Waals surface area contributed by atoms with Gasteiger partial charge in [0.2, 0.25) is 0 Å². The van der Waals surface area contributed by atoms with Gasteiger partial charge < -0.3 is 14.0 Å². The van der Waals surface area contributed by atoms with Gasteiger partial charge in [0.25, 0.3) is 0 Å². The average Bonchev–Trinajstić information content (AvgIpc) is 2.51. The third kappa shape index (κ3) is 2.17. The van der Waals surface area contributed by atoms with E-state index in [2.05, 4.69) is 0 Å². The van der Waals surface area contributed by atoms with Crippen LogP contribution in [0.25, 0.3) is 21.5 Å². The molecule has 0 N–H and O–H groups in total. The van der Waals surface area contributed by atoms with Crippen LogP contribution in [0.4, 0.5) is 0 Å². The summed E-state index contributed by atoms with van der Waals surface area (Å²) in [7, 11) is -1.48. The van der Waals surface area contributed by atoms with E-state index >= 15 is 0 Å². The maximum Gasteiger partial charge on any atom is 0.134 e. The lowest BCUT2D eigenvalue weighted by Gasteiger charge is -2.16. The zero-order chi connectivity index (χ0) is 15.9. The number of hydrogen-bond donors (Lipinski definition) is 0. The van der Waals surface area contributed by atoms with Gasteiger partial charge in [0.15, 0.2) is 0 Å². The Morgan fingerprint density at radius 3 is 1.82 bits per heavy atom. The van der Waals surface area contributed by atoms with Crippen molar-refractivity contribution in [2.75, 3.05) is 14.2 Å². The Morgan fingerprint density at radius 1 is 0.818 bits per heavy atom. The van der Waals surface area contributed by atoms with Crippen LogP contribution in [0.2, 0.25) is 0 Å². The summed E-state index contributed by atoms with van der Waals surface area (Å²) in [5.74, 6) is 1.12. The van der Waals surface area contributed by atoms with Crippen LogP contribution in [0.3, 0.4) is 0 Å². The van der Waals surface area contributed by atoms with Gasteiger partial charge in [-0.15, -0.1) is 0 Å². The SMILES string of the molecule is COc1c2ccccc2c(OC)c2cc(S(=O)(=O)[O-])ccc12. The molecular formula is C16H13O5S-. The molecule has 114 valence electrons. The molecule has 0 spiro atoms. The summed E-state index contributed by atoms with van der Waals surface area (Å²) in [4.78, 5) is -0.296. The lowest BCUT2D eigenvalue weighted by molar-refractivity contribution is 0.417. The molecule has 0 radical (unpaired) electrons. The third-order valence-corrected chi connectivity index (χ3v) is 4.42. The molecule has 0 aliphatic heterocycles. The predicted octanol–water partition coefficient (Wildman–Crippen LogP) is 2.91. The Hall–Kier alpha value is -2.31. The number of hydrogen-bond acceptors (Lipinski definition) is 5. The molecule has 0 heterocycles. The molecule has 3 rings (SSSR count). The van der Waals surface area contributed by atoms with E-state index in [1.807, 2.05) is 24.3 Å².